The van der Waals surface area contributed by atoms with E-state index in [4.69, 9.17) is 5.73 Å². The molecule has 0 aliphatic carbocycles. The lowest BCUT2D eigenvalue weighted by atomic mass is 9.93. The van der Waals surface area contributed by atoms with Crippen molar-refractivity contribution in [3.63, 3.8) is 0 Å². The lowest BCUT2D eigenvalue weighted by molar-refractivity contribution is 0.498. The summed E-state index contributed by atoms with van der Waals surface area (Å²) in [4.78, 5) is 0. The first-order chi connectivity index (χ1) is 7.54. The van der Waals surface area contributed by atoms with Crippen molar-refractivity contribution in [1.29, 1.82) is 0 Å². The molecule has 1 aromatic carbocycles. The topological polar surface area (TPSA) is 26.0 Å². The zero-order chi connectivity index (χ0) is 12.1. The van der Waals surface area contributed by atoms with Crippen molar-refractivity contribution in [2.24, 2.45) is 11.7 Å². The molecule has 1 atom stereocenters. The third-order valence-corrected chi connectivity index (χ3v) is 3.21. The average Bonchev–Trinajstić information content (AvgIpc) is 2.16. The summed E-state index contributed by atoms with van der Waals surface area (Å²) >= 11 is 0. The maximum atomic E-state index is 13.1. The van der Waals surface area contributed by atoms with Crippen LogP contribution in [0.15, 0.2) is 12.1 Å². The number of nitrogens with two attached hydrogens (primary N) is 1. The number of halogens is 1. The molecule has 2 N–H and O–H groups in total. The molecule has 0 amide bonds. The first-order valence-electron chi connectivity index (χ1n) is 6.00. The van der Waals surface area contributed by atoms with Gasteiger partial charge in [-0.05, 0) is 74.4 Å². The van der Waals surface area contributed by atoms with Crippen molar-refractivity contribution < 1.29 is 4.39 Å². The van der Waals surface area contributed by atoms with Gasteiger partial charge < -0.3 is 5.73 Å². The normalized spacial score (nSPS) is 12.8. The Labute approximate surface area is 97.9 Å². The molecule has 2 heteroatoms. The number of hydrogen-bond acceptors (Lipinski definition) is 1. The molecule has 1 rings (SSSR count). The van der Waals surface area contributed by atoms with E-state index in [2.05, 4.69) is 6.92 Å². The van der Waals surface area contributed by atoms with Gasteiger partial charge in [-0.3, -0.25) is 0 Å². The highest BCUT2D eigenvalue weighted by molar-refractivity contribution is 5.34. The van der Waals surface area contributed by atoms with Crippen molar-refractivity contribution in [3.8, 4) is 0 Å². The van der Waals surface area contributed by atoms with Crippen LogP contribution in [0.25, 0.3) is 0 Å². The molecule has 0 heterocycles. The second-order valence-corrected chi connectivity index (χ2v) is 4.74. The minimum atomic E-state index is -0.131. The third kappa shape index (κ3) is 3.60. The fourth-order valence-corrected chi connectivity index (χ4v) is 2.15. The van der Waals surface area contributed by atoms with Crippen molar-refractivity contribution in [1.82, 2.24) is 0 Å². The van der Waals surface area contributed by atoms with Crippen molar-refractivity contribution in [3.05, 3.63) is 34.6 Å². The Morgan fingerprint density at radius 3 is 2.25 bits per heavy atom. The highest BCUT2D eigenvalue weighted by Crippen LogP contribution is 2.20. The maximum Gasteiger partial charge on any atom is 0.123 e. The largest absolute Gasteiger partial charge is 0.330 e. The molecular formula is C14H22FN. The van der Waals surface area contributed by atoms with Gasteiger partial charge in [-0.1, -0.05) is 6.92 Å². The van der Waals surface area contributed by atoms with Gasteiger partial charge in [-0.25, -0.2) is 4.39 Å². The minimum absolute atomic E-state index is 0.131. The van der Waals surface area contributed by atoms with E-state index in [1.165, 1.54) is 5.56 Å². The van der Waals surface area contributed by atoms with Gasteiger partial charge >= 0.3 is 0 Å². The standard InChI is InChI=1S/C14H22FN/c1-10(6-7-16)4-5-14-11(2)8-13(15)9-12(14)3/h8-10H,4-7,16H2,1-3H3. The van der Waals surface area contributed by atoms with Crippen LogP contribution in [0.1, 0.15) is 36.5 Å². The quantitative estimate of drug-likeness (QED) is 0.814. The van der Waals surface area contributed by atoms with Crippen LogP contribution in [0.4, 0.5) is 4.39 Å². The SMILES string of the molecule is Cc1cc(F)cc(C)c1CCC(C)CCN. The molecular weight excluding hydrogens is 201 g/mol. The molecule has 0 bridgehead atoms. The van der Waals surface area contributed by atoms with Gasteiger partial charge in [0.05, 0.1) is 0 Å². The Bertz CT molecular complexity index is 324. The fraction of sp³-hybridized carbons (Fsp3) is 0.571. The van der Waals surface area contributed by atoms with Crippen LogP contribution in [0.3, 0.4) is 0 Å². The summed E-state index contributed by atoms with van der Waals surface area (Å²) in [5, 5.41) is 0. The lowest BCUT2D eigenvalue weighted by Crippen LogP contribution is -2.07. The maximum absolute atomic E-state index is 13.1. The van der Waals surface area contributed by atoms with Crippen LogP contribution in [0.5, 0.6) is 0 Å². The number of rotatable bonds is 5. The van der Waals surface area contributed by atoms with Crippen LogP contribution in [0.2, 0.25) is 0 Å². The fourth-order valence-electron chi connectivity index (χ4n) is 2.15. The van der Waals surface area contributed by atoms with Crippen molar-refractivity contribution >= 4 is 0 Å². The highest BCUT2D eigenvalue weighted by Gasteiger charge is 2.07. The molecule has 1 aromatic rings. The number of benzene rings is 1. The highest BCUT2D eigenvalue weighted by atomic mass is 19.1. The molecule has 0 saturated carbocycles. The molecule has 1 unspecified atom stereocenters. The molecule has 0 spiro atoms. The van der Waals surface area contributed by atoms with E-state index in [9.17, 15) is 4.39 Å². The molecule has 0 saturated heterocycles. The van der Waals surface area contributed by atoms with Gasteiger partial charge in [0.2, 0.25) is 0 Å². The van der Waals surface area contributed by atoms with Gasteiger partial charge in [0.15, 0.2) is 0 Å². The molecule has 0 aliphatic heterocycles. The summed E-state index contributed by atoms with van der Waals surface area (Å²) in [7, 11) is 0. The van der Waals surface area contributed by atoms with Gasteiger partial charge in [0.25, 0.3) is 0 Å². The van der Waals surface area contributed by atoms with E-state index in [0.29, 0.717) is 5.92 Å². The minimum Gasteiger partial charge on any atom is -0.330 e. The second kappa shape index (κ2) is 6.00. The van der Waals surface area contributed by atoms with E-state index < -0.39 is 0 Å². The molecule has 0 aromatic heterocycles. The third-order valence-electron chi connectivity index (χ3n) is 3.21. The van der Waals surface area contributed by atoms with Crippen LogP contribution in [-0.4, -0.2) is 6.54 Å². The Morgan fingerprint density at radius 1 is 1.19 bits per heavy atom. The van der Waals surface area contributed by atoms with E-state index in [-0.39, 0.29) is 5.82 Å². The molecule has 0 radical (unpaired) electrons. The van der Waals surface area contributed by atoms with Gasteiger partial charge in [0.1, 0.15) is 5.82 Å². The zero-order valence-corrected chi connectivity index (χ0v) is 10.5. The van der Waals surface area contributed by atoms with Crippen LogP contribution in [0, 0.1) is 25.6 Å². The first kappa shape index (κ1) is 13.2. The molecule has 1 nitrogen and oxygen atoms in total. The van der Waals surface area contributed by atoms with Crippen molar-refractivity contribution in [2.45, 2.75) is 40.0 Å². The van der Waals surface area contributed by atoms with E-state index in [1.807, 2.05) is 13.8 Å². The van der Waals surface area contributed by atoms with Crippen molar-refractivity contribution in [2.75, 3.05) is 6.54 Å². The summed E-state index contributed by atoms with van der Waals surface area (Å²) in [5.41, 5.74) is 8.96. The summed E-state index contributed by atoms with van der Waals surface area (Å²) in [5.74, 6) is 0.516. The Hall–Kier alpha value is -0.890. The number of aryl methyl sites for hydroxylation is 2. The van der Waals surface area contributed by atoms with E-state index in [1.54, 1.807) is 12.1 Å². The van der Waals surface area contributed by atoms with Crippen LogP contribution < -0.4 is 5.73 Å². The first-order valence-corrected chi connectivity index (χ1v) is 6.00. The monoisotopic (exact) mass is 223 g/mol. The summed E-state index contributed by atoms with van der Waals surface area (Å²) in [6.07, 6.45) is 3.23. The average molecular weight is 223 g/mol. The Balaban J connectivity index is 2.67. The lowest BCUT2D eigenvalue weighted by Gasteiger charge is -2.13. The Kier molecular flexibility index (Phi) is 4.94. The predicted octanol–water partition coefficient (Wildman–Crippen LogP) is 3.36. The second-order valence-electron chi connectivity index (χ2n) is 4.74. The molecule has 90 valence electrons. The Morgan fingerprint density at radius 2 is 1.75 bits per heavy atom. The zero-order valence-electron chi connectivity index (χ0n) is 10.5. The number of hydrogen-bond donors (Lipinski definition) is 1. The predicted molar refractivity (Wildman–Crippen MR) is 67.0 cm³/mol. The molecule has 0 fully saturated rings. The van der Waals surface area contributed by atoms with Gasteiger partial charge in [0, 0.05) is 0 Å². The van der Waals surface area contributed by atoms with E-state index >= 15 is 0 Å². The van der Waals surface area contributed by atoms with Crippen LogP contribution in [-0.2, 0) is 6.42 Å². The van der Waals surface area contributed by atoms with Crippen LogP contribution >= 0.6 is 0 Å². The van der Waals surface area contributed by atoms with Gasteiger partial charge in [-0.2, -0.15) is 0 Å². The summed E-state index contributed by atoms with van der Waals surface area (Å²) in [6.45, 7) is 6.95. The molecule has 0 aliphatic rings. The van der Waals surface area contributed by atoms with Gasteiger partial charge in [-0.15, -0.1) is 0 Å². The smallest absolute Gasteiger partial charge is 0.123 e. The summed E-state index contributed by atoms with van der Waals surface area (Å²) < 4.78 is 13.1. The summed E-state index contributed by atoms with van der Waals surface area (Å²) in [6, 6.07) is 3.24. The van der Waals surface area contributed by atoms with E-state index in [0.717, 1.165) is 36.9 Å². The molecule has 16 heavy (non-hydrogen) atoms.